The Morgan fingerprint density at radius 2 is 2.14 bits per heavy atom. The summed E-state index contributed by atoms with van der Waals surface area (Å²) in [5.74, 6) is 0.930. The van der Waals surface area contributed by atoms with Gasteiger partial charge in [0.1, 0.15) is 5.82 Å². The second-order valence-electron chi connectivity index (χ2n) is 6.00. The van der Waals surface area contributed by atoms with Crippen LogP contribution in [-0.4, -0.2) is 33.7 Å². The highest BCUT2D eigenvalue weighted by Crippen LogP contribution is 2.21. The Morgan fingerprint density at radius 1 is 1.32 bits per heavy atom. The second kappa shape index (κ2) is 9.54. The van der Waals surface area contributed by atoms with Gasteiger partial charge in [-0.15, -0.1) is 11.8 Å². The maximum absolute atomic E-state index is 13.8. The molecule has 0 aliphatic carbocycles. The molecule has 0 bridgehead atoms. The van der Waals surface area contributed by atoms with Crippen molar-refractivity contribution in [3.8, 4) is 11.4 Å². The van der Waals surface area contributed by atoms with Gasteiger partial charge in [-0.1, -0.05) is 50.9 Å². The first kappa shape index (κ1) is 20.8. The Labute approximate surface area is 179 Å². The molecule has 28 heavy (non-hydrogen) atoms. The minimum Gasteiger partial charge on any atom is -0.337 e. The van der Waals surface area contributed by atoms with Crippen LogP contribution < -0.4 is 0 Å². The van der Waals surface area contributed by atoms with Gasteiger partial charge in [-0.2, -0.15) is 4.98 Å². The summed E-state index contributed by atoms with van der Waals surface area (Å²) in [6.07, 6.45) is 0. The quantitative estimate of drug-likeness (QED) is 0.462. The van der Waals surface area contributed by atoms with Crippen molar-refractivity contribution in [3.63, 3.8) is 0 Å². The van der Waals surface area contributed by atoms with Crippen LogP contribution in [0.25, 0.3) is 11.4 Å². The van der Waals surface area contributed by atoms with Crippen LogP contribution >= 0.6 is 39.3 Å². The highest BCUT2D eigenvalue weighted by atomic mass is 79.9. The largest absolute Gasteiger partial charge is 0.337 e. The van der Waals surface area contributed by atoms with Crippen LogP contribution in [0.5, 0.6) is 0 Å². The smallest absolute Gasteiger partial charge is 0.246 e. The number of halogens is 3. The number of nitrogens with zero attached hydrogens (tertiary/aromatic N) is 3. The molecule has 0 saturated heterocycles. The Kier molecular flexibility index (Phi) is 7.09. The molecule has 0 fully saturated rings. The maximum Gasteiger partial charge on any atom is 0.246 e. The fourth-order valence-corrected chi connectivity index (χ4v) is 3.86. The molecular weight excluding hydrogens is 469 g/mol. The number of carbonyl (C=O) groups excluding carboxylic acids is 1. The zero-order valence-electron chi connectivity index (χ0n) is 14.9. The van der Waals surface area contributed by atoms with Crippen LogP contribution in [-0.2, 0) is 17.1 Å². The number of aromatic nitrogens is 2. The number of rotatable bonds is 7. The Bertz CT molecular complexity index is 985. The molecule has 1 heterocycles. The minimum atomic E-state index is -0.369. The van der Waals surface area contributed by atoms with Gasteiger partial charge in [-0.05, 0) is 29.8 Å². The number of thioether (sulfide) groups is 1. The summed E-state index contributed by atoms with van der Waals surface area (Å²) in [6, 6.07) is 12.1. The van der Waals surface area contributed by atoms with Crippen LogP contribution in [0.3, 0.4) is 0 Å². The molecule has 1 amide bonds. The van der Waals surface area contributed by atoms with Gasteiger partial charge in [0, 0.05) is 27.9 Å². The molecule has 0 unspecified atom stereocenters. The fraction of sp³-hybridized carbons (Fsp3) is 0.211. The normalized spacial score (nSPS) is 10.9. The first-order valence-electron chi connectivity index (χ1n) is 8.26. The van der Waals surface area contributed by atoms with E-state index in [1.807, 2.05) is 24.3 Å². The third kappa shape index (κ3) is 5.56. The third-order valence-corrected chi connectivity index (χ3v) is 5.54. The number of hydrogen-bond donors (Lipinski definition) is 0. The summed E-state index contributed by atoms with van der Waals surface area (Å²) >= 11 is 10.5. The van der Waals surface area contributed by atoms with E-state index in [1.165, 1.54) is 22.7 Å². The summed E-state index contributed by atoms with van der Waals surface area (Å²) in [5.41, 5.74) is 1.33. The van der Waals surface area contributed by atoms with Crippen molar-refractivity contribution in [3.05, 3.63) is 69.2 Å². The molecule has 146 valence electrons. The van der Waals surface area contributed by atoms with Gasteiger partial charge in [0.15, 0.2) is 0 Å². The van der Waals surface area contributed by atoms with Crippen molar-refractivity contribution in [2.75, 3.05) is 12.8 Å². The summed E-state index contributed by atoms with van der Waals surface area (Å²) in [7, 11) is 1.66. The zero-order valence-corrected chi connectivity index (χ0v) is 18.0. The van der Waals surface area contributed by atoms with Gasteiger partial charge in [0.2, 0.25) is 17.6 Å². The van der Waals surface area contributed by atoms with Gasteiger partial charge in [0.05, 0.1) is 12.3 Å². The first-order chi connectivity index (χ1) is 13.4. The topological polar surface area (TPSA) is 59.2 Å². The predicted octanol–water partition coefficient (Wildman–Crippen LogP) is 5.18. The standard InChI is InChI=1S/C19H16BrClFN3O2S/c1-25(18(26)11-28-10-13-5-6-15(21)8-16(13)22)9-17-23-19(24-27-17)12-3-2-4-14(20)7-12/h2-8H,9-11H2,1H3. The van der Waals surface area contributed by atoms with E-state index >= 15 is 0 Å². The number of carbonyl (C=O) groups is 1. The van der Waals surface area contributed by atoms with Gasteiger partial charge in [-0.25, -0.2) is 4.39 Å². The molecule has 9 heteroatoms. The van der Waals surface area contributed by atoms with E-state index in [0.29, 0.717) is 28.1 Å². The second-order valence-corrected chi connectivity index (χ2v) is 8.34. The lowest BCUT2D eigenvalue weighted by Gasteiger charge is -2.14. The highest BCUT2D eigenvalue weighted by Gasteiger charge is 2.15. The summed E-state index contributed by atoms with van der Waals surface area (Å²) < 4.78 is 19.9. The molecule has 3 aromatic rings. The number of benzene rings is 2. The van der Waals surface area contributed by atoms with Crippen LogP contribution in [0.15, 0.2) is 51.5 Å². The van der Waals surface area contributed by atoms with Crippen LogP contribution in [0, 0.1) is 5.82 Å². The Balaban J connectivity index is 1.51. The molecule has 0 spiro atoms. The zero-order chi connectivity index (χ0) is 20.1. The van der Waals surface area contributed by atoms with Crippen molar-refractivity contribution in [1.29, 1.82) is 0 Å². The number of amides is 1. The summed E-state index contributed by atoms with van der Waals surface area (Å²) in [4.78, 5) is 18.1. The third-order valence-electron chi connectivity index (χ3n) is 3.85. The van der Waals surface area contributed by atoms with Gasteiger partial charge in [0.25, 0.3) is 0 Å². The van der Waals surface area contributed by atoms with Crippen molar-refractivity contribution in [2.24, 2.45) is 0 Å². The average Bonchev–Trinajstić information content (AvgIpc) is 3.12. The molecule has 0 aliphatic rings. The monoisotopic (exact) mass is 483 g/mol. The molecule has 5 nitrogen and oxygen atoms in total. The van der Waals surface area contributed by atoms with Gasteiger partial charge < -0.3 is 9.42 Å². The molecule has 0 atom stereocenters. The number of hydrogen-bond acceptors (Lipinski definition) is 5. The van der Waals surface area contributed by atoms with Crippen molar-refractivity contribution < 1.29 is 13.7 Å². The van der Waals surface area contributed by atoms with E-state index in [9.17, 15) is 9.18 Å². The lowest BCUT2D eigenvalue weighted by Crippen LogP contribution is -2.28. The van der Waals surface area contributed by atoms with E-state index in [2.05, 4.69) is 26.1 Å². The minimum absolute atomic E-state index is 0.110. The highest BCUT2D eigenvalue weighted by molar-refractivity contribution is 9.10. The van der Waals surface area contributed by atoms with E-state index in [4.69, 9.17) is 16.1 Å². The molecule has 0 saturated carbocycles. The molecular formula is C19H16BrClFN3O2S. The molecule has 2 aromatic carbocycles. The van der Waals surface area contributed by atoms with Gasteiger partial charge in [-0.3, -0.25) is 4.79 Å². The lowest BCUT2D eigenvalue weighted by molar-refractivity contribution is -0.127. The SMILES string of the molecule is CN(Cc1nc(-c2cccc(Br)c2)no1)C(=O)CSCc1ccc(Cl)cc1F. The molecule has 1 aromatic heterocycles. The molecule has 0 N–H and O–H groups in total. The average molecular weight is 485 g/mol. The van der Waals surface area contributed by atoms with Crippen LogP contribution in [0.4, 0.5) is 4.39 Å². The lowest BCUT2D eigenvalue weighted by atomic mass is 10.2. The van der Waals surface area contributed by atoms with Crippen molar-refractivity contribution in [2.45, 2.75) is 12.3 Å². The van der Waals surface area contributed by atoms with Crippen LogP contribution in [0.2, 0.25) is 5.02 Å². The fourth-order valence-electron chi connectivity index (χ4n) is 2.35. The van der Waals surface area contributed by atoms with E-state index in [-0.39, 0.29) is 24.0 Å². The first-order valence-corrected chi connectivity index (χ1v) is 10.6. The molecule has 0 aliphatic heterocycles. The van der Waals surface area contributed by atoms with E-state index in [1.54, 1.807) is 19.2 Å². The predicted molar refractivity (Wildman–Crippen MR) is 111 cm³/mol. The van der Waals surface area contributed by atoms with Crippen molar-refractivity contribution in [1.82, 2.24) is 15.0 Å². The summed E-state index contributed by atoms with van der Waals surface area (Å²) in [6.45, 7) is 0.204. The van der Waals surface area contributed by atoms with Crippen LogP contribution in [0.1, 0.15) is 11.5 Å². The molecule has 0 radical (unpaired) electrons. The Hall–Kier alpha value is -1.90. The van der Waals surface area contributed by atoms with Crippen molar-refractivity contribution >= 4 is 45.2 Å². The Morgan fingerprint density at radius 3 is 2.89 bits per heavy atom. The van der Waals surface area contributed by atoms with Gasteiger partial charge >= 0.3 is 0 Å². The van der Waals surface area contributed by atoms with E-state index in [0.717, 1.165) is 10.0 Å². The van der Waals surface area contributed by atoms with E-state index < -0.39 is 0 Å². The summed E-state index contributed by atoms with van der Waals surface area (Å²) in [5, 5.41) is 4.31. The molecule has 3 rings (SSSR count). The maximum atomic E-state index is 13.8.